The Labute approximate surface area is 223 Å². The minimum atomic E-state index is -3.62. The summed E-state index contributed by atoms with van der Waals surface area (Å²) in [6, 6.07) is 7.79. The fourth-order valence-electron chi connectivity index (χ4n) is 4.62. The molecule has 0 saturated carbocycles. The van der Waals surface area contributed by atoms with Gasteiger partial charge in [-0.3, -0.25) is 18.9 Å². The van der Waals surface area contributed by atoms with E-state index in [9.17, 15) is 32.6 Å². The molecule has 4 rings (SSSR count). The lowest BCUT2D eigenvalue weighted by Crippen LogP contribution is -2.46. The molecule has 8 nitrogen and oxygen atoms in total. The summed E-state index contributed by atoms with van der Waals surface area (Å²) in [6.07, 6.45) is -0.153. The monoisotopic (exact) mass is 565 g/mol. The Morgan fingerprint density at radius 1 is 1.24 bits per heavy atom. The second kappa shape index (κ2) is 11.0. The zero-order valence-corrected chi connectivity index (χ0v) is 22.4. The lowest BCUT2D eigenvalue weighted by atomic mass is 10.1. The average Bonchev–Trinajstić information content (AvgIpc) is 3.45. The van der Waals surface area contributed by atoms with Crippen molar-refractivity contribution in [3.05, 3.63) is 64.6 Å². The molecule has 0 radical (unpaired) electrons. The second-order valence-corrected chi connectivity index (χ2v) is 12.2. The number of amides is 2. The Hall–Kier alpha value is -3.07. The van der Waals surface area contributed by atoms with Crippen LogP contribution in [-0.2, 0) is 27.2 Å². The van der Waals surface area contributed by atoms with Crippen LogP contribution in [0.25, 0.3) is 10.9 Å². The highest BCUT2D eigenvalue weighted by atomic mass is 35.5. The molecule has 1 aromatic heterocycles. The number of rotatable bonds is 8. The van der Waals surface area contributed by atoms with Crippen LogP contribution in [0.3, 0.4) is 0 Å². The highest BCUT2D eigenvalue weighted by Gasteiger charge is 2.40. The molecule has 2 heterocycles. The quantitative estimate of drug-likeness (QED) is 0.319. The number of likely N-dealkylation sites (tertiary alicyclic amines) is 1. The molecule has 2 amide bonds. The Kier molecular flexibility index (Phi) is 8.06. The van der Waals surface area contributed by atoms with E-state index in [0.717, 1.165) is 4.90 Å². The van der Waals surface area contributed by atoms with Crippen LogP contribution in [0.4, 0.5) is 8.78 Å². The molecule has 38 heavy (non-hydrogen) atoms. The maximum atomic E-state index is 14.4. The first-order chi connectivity index (χ1) is 17.9. The fraction of sp³-hybridized carbons (Fsp3) is 0.346. The van der Waals surface area contributed by atoms with Gasteiger partial charge in [0.2, 0.25) is 19.2 Å². The topological polar surface area (TPSA) is 109 Å². The van der Waals surface area contributed by atoms with E-state index in [1.807, 2.05) is 0 Å². The van der Waals surface area contributed by atoms with Gasteiger partial charge in [-0.1, -0.05) is 36.7 Å². The van der Waals surface area contributed by atoms with Crippen molar-refractivity contribution in [2.45, 2.75) is 45.6 Å². The highest BCUT2D eigenvalue weighted by molar-refractivity contribution is 7.66. The number of fused-ring (bicyclic) bond motifs is 1. The van der Waals surface area contributed by atoms with Gasteiger partial charge in [0, 0.05) is 47.1 Å². The normalized spacial score (nSPS) is 18.9. The smallest absolute Gasteiger partial charge is 0.243 e. The molecule has 2 N–H and O–H groups in total. The molecular weight excluding hydrogens is 539 g/mol. The Bertz CT molecular complexity index is 1480. The number of carbonyl (C=O) groups excluding carboxylic acids is 3. The van der Waals surface area contributed by atoms with Crippen LogP contribution in [0.1, 0.15) is 36.2 Å². The van der Waals surface area contributed by atoms with Crippen molar-refractivity contribution in [3.63, 3.8) is 0 Å². The number of Topliss-reactive ketones (excluding diaryl/α,β-unsaturated/α-hetero) is 1. The predicted molar refractivity (Wildman–Crippen MR) is 140 cm³/mol. The molecule has 1 saturated heterocycles. The first-order valence-corrected chi connectivity index (χ1v) is 14.3. The highest BCUT2D eigenvalue weighted by Crippen LogP contribution is 2.39. The van der Waals surface area contributed by atoms with Crippen LogP contribution in [0.2, 0.25) is 5.02 Å². The van der Waals surface area contributed by atoms with Crippen LogP contribution in [0.5, 0.6) is 0 Å². The van der Waals surface area contributed by atoms with Crippen LogP contribution in [0, 0.1) is 5.82 Å². The van der Waals surface area contributed by atoms with E-state index < -0.39 is 37.2 Å². The van der Waals surface area contributed by atoms with Crippen LogP contribution < -0.4 is 10.6 Å². The lowest BCUT2D eigenvalue weighted by Gasteiger charge is -2.24. The van der Waals surface area contributed by atoms with Gasteiger partial charge in [-0.15, -0.1) is 0 Å². The molecule has 0 bridgehead atoms. The summed E-state index contributed by atoms with van der Waals surface area (Å²) in [6.45, 7) is 2.14. The number of nitrogens with zero attached hydrogens (tertiary/aromatic N) is 2. The number of aromatic nitrogens is 1. The van der Waals surface area contributed by atoms with Crippen molar-refractivity contribution in [2.24, 2.45) is 0 Å². The molecule has 0 aliphatic carbocycles. The fourth-order valence-corrected chi connectivity index (χ4v) is 5.81. The molecule has 2 aromatic carbocycles. The van der Waals surface area contributed by atoms with E-state index >= 15 is 0 Å². The van der Waals surface area contributed by atoms with Gasteiger partial charge in [-0.2, -0.15) is 0 Å². The number of hydrogen-bond acceptors (Lipinski definition) is 4. The molecule has 1 aliphatic heterocycles. The molecule has 1 fully saturated rings. The van der Waals surface area contributed by atoms with Crippen molar-refractivity contribution in [1.29, 1.82) is 0 Å². The molecule has 1 unspecified atom stereocenters. The van der Waals surface area contributed by atoms with E-state index in [1.165, 1.54) is 48.0 Å². The van der Waals surface area contributed by atoms with Crippen LogP contribution >= 0.6 is 19.0 Å². The maximum absolute atomic E-state index is 14.4. The van der Waals surface area contributed by atoms with E-state index in [2.05, 4.69) is 5.32 Å². The zero-order valence-electron chi connectivity index (χ0n) is 20.8. The summed E-state index contributed by atoms with van der Waals surface area (Å²) in [5.41, 5.74) is 0.876. The summed E-state index contributed by atoms with van der Waals surface area (Å²) >= 11 is 5.78. The Morgan fingerprint density at radius 2 is 1.97 bits per heavy atom. The number of ketones is 1. The number of hydrogen-bond donors (Lipinski definition) is 2. The Balaban J connectivity index is 1.58. The standard InChI is InChI=1S/C26H27ClF2N3O5P/c1-3-38(36,37)18-7-8-19-20(15(2)33)13-31(22(19)10-18)14-24(34)32-12-17(28)9-23(32)26(35)30-11-16-5-4-6-21(27)25(16)29/h4-8,10,13,17,23H,3,9,11-12,14H2,1-2H3,(H,30,35)(H,36,37)/t17-,23+/m1/s1. The first-order valence-electron chi connectivity index (χ1n) is 12.0. The van der Waals surface area contributed by atoms with Crippen molar-refractivity contribution >= 4 is 52.8 Å². The van der Waals surface area contributed by atoms with Gasteiger partial charge in [0.1, 0.15) is 24.6 Å². The van der Waals surface area contributed by atoms with Gasteiger partial charge in [0.25, 0.3) is 0 Å². The number of halogens is 3. The van der Waals surface area contributed by atoms with Gasteiger partial charge >= 0.3 is 0 Å². The van der Waals surface area contributed by atoms with Gasteiger partial charge in [0.05, 0.1) is 17.1 Å². The third-order valence-electron chi connectivity index (χ3n) is 6.74. The first kappa shape index (κ1) is 28.0. The molecular formula is C26H27ClF2N3O5P. The van der Waals surface area contributed by atoms with Crippen molar-refractivity contribution in [3.8, 4) is 0 Å². The molecule has 3 aromatic rings. The minimum absolute atomic E-state index is 0.0132. The third kappa shape index (κ3) is 5.53. The van der Waals surface area contributed by atoms with Crippen molar-refractivity contribution in [2.75, 3.05) is 12.7 Å². The lowest BCUT2D eigenvalue weighted by molar-refractivity contribution is -0.139. The number of carbonyl (C=O) groups is 3. The van der Waals surface area contributed by atoms with Gasteiger partial charge in [0.15, 0.2) is 5.78 Å². The predicted octanol–water partition coefficient (Wildman–Crippen LogP) is 3.81. The molecule has 3 atom stereocenters. The molecule has 1 aliphatic rings. The average molecular weight is 566 g/mol. The summed E-state index contributed by atoms with van der Waals surface area (Å²) < 4.78 is 42.6. The van der Waals surface area contributed by atoms with Crippen LogP contribution in [-0.4, -0.2) is 56.9 Å². The number of nitrogens with one attached hydrogen (secondary N) is 1. The SMILES string of the molecule is CCP(=O)(O)c1ccc2c(C(C)=O)cn(CC(=O)N3C[C@H](F)C[C@H]3C(=O)NCc3cccc(Cl)c3F)c2c1. The summed E-state index contributed by atoms with van der Waals surface area (Å²) in [7, 11) is -3.62. The largest absolute Gasteiger partial charge is 0.350 e. The van der Waals surface area contributed by atoms with E-state index in [-0.39, 0.29) is 53.9 Å². The van der Waals surface area contributed by atoms with Gasteiger partial charge in [-0.05, 0) is 25.1 Å². The third-order valence-corrected chi connectivity index (χ3v) is 8.97. The zero-order chi connectivity index (χ0) is 27.8. The summed E-state index contributed by atoms with van der Waals surface area (Å²) in [5, 5.41) is 3.15. The summed E-state index contributed by atoms with van der Waals surface area (Å²) in [5.74, 6) is -2.13. The Morgan fingerprint density at radius 3 is 2.66 bits per heavy atom. The van der Waals surface area contributed by atoms with E-state index in [0.29, 0.717) is 16.5 Å². The van der Waals surface area contributed by atoms with Gasteiger partial charge in [-0.25, -0.2) is 8.78 Å². The number of alkyl halides is 1. The van der Waals surface area contributed by atoms with Gasteiger partial charge < -0.3 is 19.7 Å². The van der Waals surface area contributed by atoms with E-state index in [1.54, 1.807) is 13.0 Å². The summed E-state index contributed by atoms with van der Waals surface area (Å²) in [4.78, 5) is 49.8. The second-order valence-electron chi connectivity index (χ2n) is 9.27. The minimum Gasteiger partial charge on any atom is -0.350 e. The van der Waals surface area contributed by atoms with E-state index in [4.69, 9.17) is 11.6 Å². The number of benzene rings is 2. The molecule has 0 spiro atoms. The van der Waals surface area contributed by atoms with Crippen molar-refractivity contribution < 1.29 is 32.6 Å². The van der Waals surface area contributed by atoms with Crippen LogP contribution in [0.15, 0.2) is 42.6 Å². The maximum Gasteiger partial charge on any atom is 0.243 e. The van der Waals surface area contributed by atoms with Crippen molar-refractivity contribution in [1.82, 2.24) is 14.8 Å². The molecule has 12 heteroatoms. The molecule has 202 valence electrons.